The number of amides is 2. The van der Waals surface area contributed by atoms with Gasteiger partial charge in [-0.05, 0) is 25.0 Å². The van der Waals surface area contributed by atoms with Crippen LogP contribution >= 0.6 is 0 Å². The number of ether oxygens (including phenoxy) is 1. The van der Waals surface area contributed by atoms with Crippen molar-refractivity contribution in [3.05, 3.63) is 23.5 Å². The number of aliphatic hydroxyl groups is 1. The zero-order chi connectivity index (χ0) is 18.2. The van der Waals surface area contributed by atoms with Gasteiger partial charge >= 0.3 is 6.09 Å². The topological polar surface area (TPSA) is 99.1 Å². The van der Waals surface area contributed by atoms with Crippen LogP contribution in [0.15, 0.2) is 12.1 Å². The third-order valence-electron chi connectivity index (χ3n) is 5.06. The Morgan fingerprint density at radius 2 is 2.24 bits per heavy atom. The Kier molecular flexibility index (Phi) is 4.55. The number of hydrogen-bond donors (Lipinski definition) is 3. The van der Waals surface area contributed by atoms with Crippen molar-refractivity contribution in [1.82, 2.24) is 4.90 Å². The highest BCUT2D eigenvalue weighted by Gasteiger charge is 2.41. The Bertz CT molecular complexity index is 711. The fourth-order valence-electron chi connectivity index (χ4n) is 3.32. The zero-order valence-electron chi connectivity index (χ0n) is 13.9. The maximum atomic E-state index is 13.9. The van der Waals surface area contributed by atoms with Crippen molar-refractivity contribution in [3.63, 3.8) is 0 Å². The molecule has 3 rings (SSSR count). The van der Waals surface area contributed by atoms with Gasteiger partial charge in [0.15, 0.2) is 0 Å². The van der Waals surface area contributed by atoms with Gasteiger partial charge in [-0.1, -0.05) is 6.92 Å². The third-order valence-corrected chi connectivity index (χ3v) is 5.06. The Labute approximate surface area is 144 Å². The van der Waals surface area contributed by atoms with Crippen LogP contribution in [0.4, 0.5) is 14.9 Å². The third kappa shape index (κ3) is 3.39. The second kappa shape index (κ2) is 6.51. The Balaban J connectivity index is 1.73. The van der Waals surface area contributed by atoms with Crippen LogP contribution in [0, 0.1) is 11.7 Å². The molecule has 0 unspecified atom stereocenters. The number of piperidine rings is 1. The molecule has 2 atom stereocenters. The lowest BCUT2D eigenvalue weighted by Gasteiger charge is -2.42. The predicted molar refractivity (Wildman–Crippen MR) is 87.2 cm³/mol. The molecule has 2 aliphatic rings. The number of hydrogen-bond acceptors (Lipinski definition) is 4. The number of carboxylic acid groups (broad SMARTS) is 1. The second-order valence-corrected chi connectivity index (χ2v) is 6.72. The van der Waals surface area contributed by atoms with Gasteiger partial charge in [-0.15, -0.1) is 0 Å². The van der Waals surface area contributed by atoms with Gasteiger partial charge in [-0.3, -0.25) is 4.79 Å². The van der Waals surface area contributed by atoms with Gasteiger partial charge in [-0.2, -0.15) is 0 Å². The Morgan fingerprint density at radius 1 is 1.48 bits per heavy atom. The van der Waals surface area contributed by atoms with Crippen molar-refractivity contribution >= 4 is 17.7 Å². The molecule has 2 amide bonds. The summed E-state index contributed by atoms with van der Waals surface area (Å²) in [5, 5.41) is 22.4. The lowest BCUT2D eigenvalue weighted by atomic mass is 9.83. The summed E-state index contributed by atoms with van der Waals surface area (Å²) in [5.74, 6) is -0.625. The maximum Gasteiger partial charge on any atom is 0.407 e. The van der Waals surface area contributed by atoms with E-state index < -0.39 is 17.5 Å². The number of carbonyl (C=O) groups excluding carboxylic acids is 1. The molecule has 0 spiro atoms. The van der Waals surface area contributed by atoms with E-state index in [9.17, 15) is 19.1 Å². The molecule has 0 saturated carbocycles. The molecule has 2 heterocycles. The van der Waals surface area contributed by atoms with E-state index in [2.05, 4.69) is 5.32 Å². The van der Waals surface area contributed by atoms with Crippen molar-refractivity contribution in [1.29, 1.82) is 0 Å². The fourth-order valence-corrected chi connectivity index (χ4v) is 3.32. The van der Waals surface area contributed by atoms with Gasteiger partial charge in [0.1, 0.15) is 23.8 Å². The van der Waals surface area contributed by atoms with Crippen LogP contribution in [0.5, 0.6) is 5.75 Å². The van der Waals surface area contributed by atoms with Gasteiger partial charge in [0, 0.05) is 31.0 Å². The van der Waals surface area contributed by atoms with E-state index in [0.29, 0.717) is 17.7 Å². The normalized spacial score (nSPS) is 26.0. The number of halogens is 1. The summed E-state index contributed by atoms with van der Waals surface area (Å²) in [7, 11) is 0. The van der Waals surface area contributed by atoms with E-state index in [-0.39, 0.29) is 50.1 Å². The van der Waals surface area contributed by atoms with Crippen molar-refractivity contribution in [3.8, 4) is 5.75 Å². The lowest BCUT2D eigenvalue weighted by Crippen LogP contribution is -2.55. The molecule has 1 aromatic rings. The molecule has 136 valence electrons. The van der Waals surface area contributed by atoms with Gasteiger partial charge in [0.25, 0.3) is 0 Å². The molecule has 1 aromatic carbocycles. The summed E-state index contributed by atoms with van der Waals surface area (Å²) in [6, 6.07) is 2.71. The quantitative estimate of drug-likeness (QED) is 0.771. The van der Waals surface area contributed by atoms with Crippen molar-refractivity contribution in [2.75, 3.05) is 25.0 Å². The molecule has 0 radical (unpaired) electrons. The molecule has 1 saturated heterocycles. The monoisotopic (exact) mass is 352 g/mol. The van der Waals surface area contributed by atoms with Crippen molar-refractivity contribution in [2.24, 2.45) is 5.92 Å². The largest absolute Gasteiger partial charge is 0.490 e. The summed E-state index contributed by atoms with van der Waals surface area (Å²) in [5.41, 5.74) is -0.446. The molecule has 7 nitrogen and oxygen atoms in total. The molecule has 1 fully saturated rings. The molecule has 0 bridgehead atoms. The minimum absolute atomic E-state index is 0.0202. The van der Waals surface area contributed by atoms with E-state index in [1.54, 1.807) is 6.92 Å². The molecular weight excluding hydrogens is 331 g/mol. The number of nitrogens with one attached hydrogen (secondary N) is 1. The van der Waals surface area contributed by atoms with Gasteiger partial charge < -0.3 is 25.2 Å². The fraction of sp³-hybridized carbons (Fsp3) is 0.529. The Hall–Kier alpha value is -2.35. The first kappa shape index (κ1) is 17.5. The van der Waals surface area contributed by atoms with Crippen LogP contribution in [-0.2, 0) is 11.2 Å². The summed E-state index contributed by atoms with van der Waals surface area (Å²) in [6.45, 7) is 2.22. The van der Waals surface area contributed by atoms with E-state index in [1.165, 1.54) is 17.0 Å². The first-order valence-electron chi connectivity index (χ1n) is 8.24. The van der Waals surface area contributed by atoms with Gasteiger partial charge in [-0.25, -0.2) is 9.18 Å². The predicted octanol–water partition coefficient (Wildman–Crippen LogP) is 1.84. The molecule has 0 aromatic heterocycles. The van der Waals surface area contributed by atoms with E-state index in [1.807, 2.05) is 0 Å². The van der Waals surface area contributed by atoms with E-state index in [4.69, 9.17) is 9.84 Å². The molecule has 3 N–H and O–H groups in total. The average Bonchev–Trinajstić information content (AvgIpc) is 2.57. The maximum absolute atomic E-state index is 13.9. The number of anilines is 1. The standard InChI is InChI=1S/C17H21FN2O5/c1-10-8-20(16(22)23)7-6-17(10,24)9-25-13-4-3-12(18)15-11(13)2-5-14(21)19-15/h3-4,10,24H,2,5-9H2,1H3,(H,19,21)(H,22,23)/t10-,17+/m0/s1. The first-order chi connectivity index (χ1) is 11.8. The molecule has 0 aliphatic carbocycles. The smallest absolute Gasteiger partial charge is 0.407 e. The molecule has 25 heavy (non-hydrogen) atoms. The summed E-state index contributed by atoms with van der Waals surface area (Å²) >= 11 is 0. The number of fused-ring (bicyclic) bond motifs is 1. The lowest BCUT2D eigenvalue weighted by molar-refractivity contribution is -0.116. The summed E-state index contributed by atoms with van der Waals surface area (Å²) in [4.78, 5) is 23.8. The minimum atomic E-state index is -1.16. The minimum Gasteiger partial charge on any atom is -0.490 e. The highest BCUT2D eigenvalue weighted by molar-refractivity contribution is 5.94. The van der Waals surface area contributed by atoms with Gasteiger partial charge in [0.2, 0.25) is 5.91 Å². The number of likely N-dealkylation sites (tertiary alicyclic amines) is 1. The highest BCUT2D eigenvalue weighted by Crippen LogP contribution is 2.35. The summed E-state index contributed by atoms with van der Waals surface area (Å²) in [6.07, 6.45) is -0.116. The van der Waals surface area contributed by atoms with Gasteiger partial charge in [0.05, 0.1) is 5.69 Å². The number of nitrogens with zero attached hydrogens (tertiary/aromatic N) is 1. The second-order valence-electron chi connectivity index (χ2n) is 6.72. The number of benzene rings is 1. The first-order valence-corrected chi connectivity index (χ1v) is 8.24. The Morgan fingerprint density at radius 3 is 2.92 bits per heavy atom. The highest BCUT2D eigenvalue weighted by atomic mass is 19.1. The SMILES string of the molecule is C[C@H]1CN(C(=O)O)CC[C@@]1(O)COc1ccc(F)c2c1CCC(=O)N2. The van der Waals surface area contributed by atoms with E-state index in [0.717, 1.165) is 0 Å². The van der Waals surface area contributed by atoms with Crippen LogP contribution in [0.1, 0.15) is 25.3 Å². The molecule has 2 aliphatic heterocycles. The number of carbonyl (C=O) groups is 2. The van der Waals surface area contributed by atoms with Crippen LogP contribution in [-0.4, -0.2) is 52.4 Å². The average molecular weight is 352 g/mol. The van der Waals surface area contributed by atoms with Crippen molar-refractivity contribution in [2.45, 2.75) is 31.8 Å². The zero-order valence-corrected chi connectivity index (χ0v) is 13.9. The molecular formula is C17H21FN2O5. The number of rotatable bonds is 3. The van der Waals surface area contributed by atoms with E-state index >= 15 is 0 Å². The van der Waals surface area contributed by atoms with Crippen LogP contribution in [0.25, 0.3) is 0 Å². The summed E-state index contributed by atoms with van der Waals surface area (Å²) < 4.78 is 19.7. The van der Waals surface area contributed by atoms with Crippen LogP contribution < -0.4 is 10.1 Å². The van der Waals surface area contributed by atoms with Crippen LogP contribution in [0.3, 0.4) is 0 Å². The van der Waals surface area contributed by atoms with Crippen molar-refractivity contribution < 1.29 is 28.9 Å². The molecule has 8 heteroatoms. The van der Waals surface area contributed by atoms with Crippen LogP contribution in [0.2, 0.25) is 0 Å².